The highest BCUT2D eigenvalue weighted by molar-refractivity contribution is 5.95. The number of hydrogen-bond donors (Lipinski definition) is 0. The largest absolute Gasteiger partial charge is 0.497 e. The Labute approximate surface area is 162 Å². The number of carbonyl (C=O) groups excluding carboxylic acids is 1. The summed E-state index contributed by atoms with van der Waals surface area (Å²) in [6, 6.07) is 12.0. The monoisotopic (exact) mass is 392 g/mol. The molecule has 1 amide bonds. The van der Waals surface area contributed by atoms with Crippen molar-refractivity contribution in [3.63, 3.8) is 0 Å². The van der Waals surface area contributed by atoms with Gasteiger partial charge in [0, 0.05) is 43.5 Å². The summed E-state index contributed by atoms with van der Waals surface area (Å²) in [6.45, 7) is -0.493. The van der Waals surface area contributed by atoms with Crippen LogP contribution in [0.3, 0.4) is 0 Å². The number of hydrogen-bond acceptors (Lipinski definition) is 5. The van der Waals surface area contributed by atoms with Gasteiger partial charge in [-0.05, 0) is 30.3 Å². The second-order valence-corrected chi connectivity index (χ2v) is 6.22. The fourth-order valence-electron chi connectivity index (χ4n) is 3.15. The van der Waals surface area contributed by atoms with Crippen LogP contribution in [0, 0.1) is 0 Å². The lowest BCUT2D eigenvalue weighted by Crippen LogP contribution is -2.48. The quantitative estimate of drug-likeness (QED) is 0.755. The molecule has 1 aliphatic heterocycles. The fraction of sp³-hybridized carbons (Fsp3) is 0.350. The van der Waals surface area contributed by atoms with E-state index in [1.807, 2.05) is 24.3 Å². The van der Waals surface area contributed by atoms with Gasteiger partial charge < -0.3 is 24.0 Å². The molecule has 0 saturated carbocycles. The third kappa shape index (κ3) is 4.44. The van der Waals surface area contributed by atoms with Gasteiger partial charge in [-0.2, -0.15) is 8.78 Å². The van der Waals surface area contributed by atoms with Gasteiger partial charge in [-0.15, -0.1) is 0 Å². The van der Waals surface area contributed by atoms with Gasteiger partial charge in [0.15, 0.2) is 11.5 Å². The minimum Gasteiger partial charge on any atom is -0.497 e. The van der Waals surface area contributed by atoms with Crippen LogP contribution in [0.1, 0.15) is 10.4 Å². The number of methoxy groups -OCH3 is 2. The second kappa shape index (κ2) is 8.77. The molecular formula is C20H22F2N2O4. The Hall–Kier alpha value is -3.03. The first kappa shape index (κ1) is 19.7. The van der Waals surface area contributed by atoms with Gasteiger partial charge in [-0.25, -0.2) is 0 Å². The van der Waals surface area contributed by atoms with Crippen LogP contribution in [0.15, 0.2) is 42.5 Å². The zero-order valence-corrected chi connectivity index (χ0v) is 15.7. The molecule has 0 spiro atoms. The lowest BCUT2D eigenvalue weighted by Gasteiger charge is -2.36. The highest BCUT2D eigenvalue weighted by atomic mass is 19.3. The molecule has 0 aromatic heterocycles. The first-order valence-corrected chi connectivity index (χ1v) is 8.83. The molecule has 1 fully saturated rings. The highest BCUT2D eigenvalue weighted by Gasteiger charge is 2.24. The standard InChI is InChI=1S/C20H22F2N2O4/c1-26-16-5-3-4-15(13-16)23-8-10-24(11-9-23)19(25)14-6-7-17(28-20(21)22)18(12-14)27-2/h3-7,12-13,20H,8-11H2,1-2H3. The normalized spacial score (nSPS) is 14.2. The SMILES string of the molecule is COc1cccc(N2CCN(C(=O)c3ccc(OC(F)F)c(OC)c3)CC2)c1. The van der Waals surface area contributed by atoms with Crippen molar-refractivity contribution in [1.82, 2.24) is 4.90 Å². The van der Waals surface area contributed by atoms with Crippen LogP contribution in [0.25, 0.3) is 0 Å². The van der Waals surface area contributed by atoms with E-state index in [0.29, 0.717) is 31.7 Å². The summed E-state index contributed by atoms with van der Waals surface area (Å²) >= 11 is 0. The number of benzene rings is 2. The van der Waals surface area contributed by atoms with Crippen LogP contribution in [0.2, 0.25) is 0 Å². The molecule has 0 atom stereocenters. The van der Waals surface area contributed by atoms with Gasteiger partial charge in [0.05, 0.1) is 14.2 Å². The van der Waals surface area contributed by atoms with Gasteiger partial charge in [-0.1, -0.05) is 6.07 Å². The van der Waals surface area contributed by atoms with Crippen molar-refractivity contribution in [3.05, 3.63) is 48.0 Å². The molecule has 28 heavy (non-hydrogen) atoms. The lowest BCUT2D eigenvalue weighted by molar-refractivity contribution is -0.0512. The molecule has 0 radical (unpaired) electrons. The van der Waals surface area contributed by atoms with Crippen molar-refractivity contribution in [2.75, 3.05) is 45.3 Å². The molecule has 0 aliphatic carbocycles. The molecule has 1 heterocycles. The van der Waals surface area contributed by atoms with E-state index in [4.69, 9.17) is 9.47 Å². The zero-order valence-electron chi connectivity index (χ0n) is 15.7. The number of halogens is 2. The van der Waals surface area contributed by atoms with E-state index < -0.39 is 6.61 Å². The molecule has 0 unspecified atom stereocenters. The van der Waals surface area contributed by atoms with Crippen LogP contribution in [0.4, 0.5) is 14.5 Å². The summed E-state index contributed by atoms with van der Waals surface area (Å²) in [4.78, 5) is 16.7. The van der Waals surface area contributed by atoms with E-state index in [-0.39, 0.29) is 17.4 Å². The maximum atomic E-state index is 12.8. The molecule has 1 saturated heterocycles. The molecule has 3 rings (SSSR count). The molecule has 0 N–H and O–H groups in total. The van der Waals surface area contributed by atoms with Gasteiger partial charge in [0.25, 0.3) is 5.91 Å². The Morgan fingerprint density at radius 2 is 1.71 bits per heavy atom. The Kier molecular flexibility index (Phi) is 6.18. The third-order valence-corrected chi connectivity index (χ3v) is 4.61. The molecule has 1 aliphatic rings. The summed E-state index contributed by atoms with van der Waals surface area (Å²) in [5, 5.41) is 0. The first-order chi connectivity index (χ1) is 13.5. The minimum absolute atomic E-state index is 0.0983. The molecule has 0 bridgehead atoms. The van der Waals surface area contributed by atoms with E-state index in [2.05, 4.69) is 9.64 Å². The maximum absolute atomic E-state index is 12.8. The minimum atomic E-state index is -2.96. The van der Waals surface area contributed by atoms with Crippen LogP contribution in [-0.2, 0) is 0 Å². The number of ether oxygens (including phenoxy) is 3. The van der Waals surface area contributed by atoms with Crippen LogP contribution < -0.4 is 19.1 Å². The number of piperazine rings is 1. The molecule has 150 valence electrons. The summed E-state index contributed by atoms with van der Waals surface area (Å²) in [6.07, 6.45) is 0. The summed E-state index contributed by atoms with van der Waals surface area (Å²) in [5.41, 5.74) is 1.41. The van der Waals surface area contributed by atoms with Crippen molar-refractivity contribution >= 4 is 11.6 Å². The fourth-order valence-corrected chi connectivity index (χ4v) is 3.15. The van der Waals surface area contributed by atoms with Crippen molar-refractivity contribution in [1.29, 1.82) is 0 Å². The van der Waals surface area contributed by atoms with Crippen molar-refractivity contribution in [2.45, 2.75) is 6.61 Å². The zero-order chi connectivity index (χ0) is 20.1. The number of alkyl halides is 2. The van der Waals surface area contributed by atoms with Gasteiger partial charge in [-0.3, -0.25) is 4.79 Å². The molecule has 6 nitrogen and oxygen atoms in total. The average molecular weight is 392 g/mol. The number of nitrogens with zero attached hydrogens (tertiary/aromatic N) is 2. The van der Waals surface area contributed by atoms with Crippen LogP contribution in [-0.4, -0.2) is 57.8 Å². The predicted molar refractivity (Wildman–Crippen MR) is 101 cm³/mol. The number of amides is 1. The van der Waals surface area contributed by atoms with E-state index in [1.165, 1.54) is 25.3 Å². The lowest BCUT2D eigenvalue weighted by atomic mass is 10.1. The smallest absolute Gasteiger partial charge is 0.387 e. The Balaban J connectivity index is 1.66. The number of anilines is 1. The van der Waals surface area contributed by atoms with E-state index in [9.17, 15) is 13.6 Å². The first-order valence-electron chi connectivity index (χ1n) is 8.83. The Morgan fingerprint density at radius 3 is 2.36 bits per heavy atom. The number of carbonyl (C=O) groups is 1. The molecule has 8 heteroatoms. The van der Waals surface area contributed by atoms with E-state index >= 15 is 0 Å². The Morgan fingerprint density at radius 1 is 0.964 bits per heavy atom. The Bertz CT molecular complexity index is 824. The summed E-state index contributed by atoms with van der Waals surface area (Å²) in [7, 11) is 2.97. The van der Waals surface area contributed by atoms with Crippen molar-refractivity contribution in [3.8, 4) is 17.2 Å². The van der Waals surface area contributed by atoms with Crippen molar-refractivity contribution < 1.29 is 27.8 Å². The third-order valence-electron chi connectivity index (χ3n) is 4.61. The maximum Gasteiger partial charge on any atom is 0.387 e. The van der Waals surface area contributed by atoms with Gasteiger partial charge in [0.2, 0.25) is 0 Å². The molecule has 2 aromatic carbocycles. The predicted octanol–water partition coefficient (Wildman–Crippen LogP) is 3.27. The van der Waals surface area contributed by atoms with E-state index in [0.717, 1.165) is 11.4 Å². The highest BCUT2D eigenvalue weighted by Crippen LogP contribution is 2.30. The topological polar surface area (TPSA) is 51.2 Å². The van der Waals surface area contributed by atoms with Crippen LogP contribution in [0.5, 0.6) is 17.2 Å². The molecule has 2 aromatic rings. The molecular weight excluding hydrogens is 370 g/mol. The summed E-state index contributed by atoms with van der Waals surface area (Å²) < 4.78 is 39.6. The van der Waals surface area contributed by atoms with Gasteiger partial charge >= 0.3 is 6.61 Å². The van der Waals surface area contributed by atoms with E-state index in [1.54, 1.807) is 12.0 Å². The number of rotatable bonds is 6. The van der Waals surface area contributed by atoms with Gasteiger partial charge in [0.1, 0.15) is 5.75 Å². The summed E-state index contributed by atoms with van der Waals surface area (Å²) in [5.74, 6) is 0.611. The average Bonchev–Trinajstić information content (AvgIpc) is 2.73. The second-order valence-electron chi connectivity index (χ2n) is 6.22. The van der Waals surface area contributed by atoms with Crippen LogP contribution >= 0.6 is 0 Å². The van der Waals surface area contributed by atoms with Crippen molar-refractivity contribution in [2.24, 2.45) is 0 Å².